The van der Waals surface area contributed by atoms with Gasteiger partial charge in [0.15, 0.2) is 0 Å². The van der Waals surface area contributed by atoms with Crippen LogP contribution < -0.4 is 5.32 Å². The monoisotopic (exact) mass is 280 g/mol. The van der Waals surface area contributed by atoms with Crippen molar-refractivity contribution in [1.29, 1.82) is 0 Å². The van der Waals surface area contributed by atoms with Gasteiger partial charge in [-0.15, -0.1) is 0 Å². The van der Waals surface area contributed by atoms with Gasteiger partial charge in [0.25, 0.3) is 5.91 Å². The topological polar surface area (TPSA) is 51.2 Å². The molecule has 1 rings (SSSR count). The quantitative estimate of drug-likeness (QED) is 0.616. The average Bonchev–Trinajstić information content (AvgIpc) is 2.38. The van der Waals surface area contributed by atoms with Crippen LogP contribution in [0.3, 0.4) is 0 Å². The van der Waals surface area contributed by atoms with Crippen molar-refractivity contribution >= 4 is 23.3 Å². The summed E-state index contributed by atoms with van der Waals surface area (Å²) >= 11 is 5.69. The fourth-order valence-corrected chi connectivity index (χ4v) is 1.42. The Balaban J connectivity index is 2.23. The molecule has 0 unspecified atom stereocenters. The molecule has 0 aliphatic rings. The molecule has 1 aromatic rings. The van der Waals surface area contributed by atoms with E-state index < -0.39 is 0 Å². The summed E-state index contributed by atoms with van der Waals surface area (Å²) in [4.78, 5) is 15.5. The lowest BCUT2D eigenvalue weighted by Gasteiger charge is -2.05. The number of rotatable bonds is 7. The van der Waals surface area contributed by atoms with E-state index in [4.69, 9.17) is 16.3 Å². The predicted octanol–water partition coefficient (Wildman–Crippen LogP) is 3.21. The lowest BCUT2D eigenvalue weighted by atomic mass is 10.2. The summed E-state index contributed by atoms with van der Waals surface area (Å²) in [6.45, 7) is 6.10. The lowest BCUT2D eigenvalue weighted by Crippen LogP contribution is -2.19. The zero-order chi connectivity index (χ0) is 14.1. The second kappa shape index (κ2) is 8.45. The van der Waals surface area contributed by atoms with Crippen LogP contribution in [0.15, 0.2) is 42.6 Å². The summed E-state index contributed by atoms with van der Waals surface area (Å²) in [6, 6.07) is 3.30. The first kappa shape index (κ1) is 15.4. The summed E-state index contributed by atoms with van der Waals surface area (Å²) < 4.78 is 5.27. The number of allylic oxidation sites excluding steroid dienone is 2. The SMILES string of the molecule is C=C/C=C(\C)CCOCC(=O)Nc1ccc(Cl)cn1. The maximum atomic E-state index is 11.5. The molecule has 0 aliphatic heterocycles. The van der Waals surface area contributed by atoms with Crippen LogP contribution in [0.4, 0.5) is 5.82 Å². The van der Waals surface area contributed by atoms with Crippen molar-refractivity contribution in [2.75, 3.05) is 18.5 Å². The zero-order valence-corrected chi connectivity index (χ0v) is 11.6. The molecule has 1 aromatic heterocycles. The Labute approximate surface area is 118 Å². The van der Waals surface area contributed by atoms with E-state index >= 15 is 0 Å². The van der Waals surface area contributed by atoms with Gasteiger partial charge in [0.2, 0.25) is 0 Å². The summed E-state index contributed by atoms with van der Waals surface area (Å²) in [7, 11) is 0. The number of amides is 1. The van der Waals surface area contributed by atoms with Crippen LogP contribution >= 0.6 is 11.6 Å². The van der Waals surface area contributed by atoms with E-state index in [1.165, 1.54) is 6.20 Å². The molecule has 1 amide bonds. The second-order valence-corrected chi connectivity index (χ2v) is 4.40. The number of anilines is 1. The number of ether oxygens (including phenoxy) is 1. The predicted molar refractivity (Wildman–Crippen MR) is 77.3 cm³/mol. The van der Waals surface area contributed by atoms with Crippen molar-refractivity contribution in [2.24, 2.45) is 0 Å². The molecule has 0 saturated carbocycles. The number of halogens is 1. The van der Waals surface area contributed by atoms with Crippen LogP contribution in [0.5, 0.6) is 0 Å². The Morgan fingerprint density at radius 3 is 3.00 bits per heavy atom. The molecular weight excluding hydrogens is 264 g/mol. The van der Waals surface area contributed by atoms with Gasteiger partial charge in [-0.25, -0.2) is 4.98 Å². The molecule has 0 aromatic carbocycles. The summed E-state index contributed by atoms with van der Waals surface area (Å²) in [5, 5.41) is 3.14. The highest BCUT2D eigenvalue weighted by Crippen LogP contribution is 2.09. The van der Waals surface area contributed by atoms with Crippen molar-refractivity contribution in [3.63, 3.8) is 0 Å². The number of hydrogen-bond acceptors (Lipinski definition) is 3. The number of nitrogens with one attached hydrogen (secondary N) is 1. The summed E-state index contributed by atoms with van der Waals surface area (Å²) in [6.07, 6.45) is 5.90. The number of carbonyl (C=O) groups excluding carboxylic acids is 1. The van der Waals surface area contributed by atoms with Gasteiger partial charge < -0.3 is 10.1 Å². The molecule has 1 N–H and O–H groups in total. The van der Waals surface area contributed by atoms with Crippen LogP contribution in [0.25, 0.3) is 0 Å². The first-order valence-electron chi connectivity index (χ1n) is 5.89. The fourth-order valence-electron chi connectivity index (χ4n) is 1.31. The van der Waals surface area contributed by atoms with E-state index in [9.17, 15) is 4.79 Å². The lowest BCUT2D eigenvalue weighted by molar-refractivity contribution is -0.120. The van der Waals surface area contributed by atoms with Crippen LogP contribution in [0.2, 0.25) is 5.02 Å². The Hall–Kier alpha value is -1.65. The van der Waals surface area contributed by atoms with Gasteiger partial charge in [0.1, 0.15) is 12.4 Å². The Bertz CT molecular complexity index is 455. The Morgan fingerprint density at radius 1 is 1.58 bits per heavy atom. The Morgan fingerprint density at radius 2 is 2.37 bits per heavy atom. The van der Waals surface area contributed by atoms with Crippen molar-refractivity contribution < 1.29 is 9.53 Å². The molecule has 0 saturated heterocycles. The van der Waals surface area contributed by atoms with Crippen LogP contribution in [0.1, 0.15) is 13.3 Å². The number of aromatic nitrogens is 1. The standard InChI is InChI=1S/C14H17ClN2O2/c1-3-4-11(2)7-8-19-10-14(18)17-13-6-5-12(15)9-16-13/h3-6,9H,1,7-8,10H2,2H3,(H,16,17,18)/b11-4+. The van der Waals surface area contributed by atoms with Gasteiger partial charge >= 0.3 is 0 Å². The highest BCUT2D eigenvalue weighted by atomic mass is 35.5. The van der Waals surface area contributed by atoms with Crippen molar-refractivity contribution in [1.82, 2.24) is 4.98 Å². The Kier molecular flexibility index (Phi) is 6.85. The maximum Gasteiger partial charge on any atom is 0.251 e. The molecule has 1 heterocycles. The van der Waals surface area contributed by atoms with E-state index in [1.807, 2.05) is 13.0 Å². The number of carbonyl (C=O) groups is 1. The highest BCUT2D eigenvalue weighted by molar-refractivity contribution is 6.30. The number of pyridine rings is 1. The first-order valence-corrected chi connectivity index (χ1v) is 6.27. The van der Waals surface area contributed by atoms with Gasteiger partial charge in [-0.05, 0) is 25.5 Å². The van der Waals surface area contributed by atoms with Gasteiger partial charge in [-0.1, -0.05) is 35.9 Å². The van der Waals surface area contributed by atoms with Crippen LogP contribution in [-0.2, 0) is 9.53 Å². The van der Waals surface area contributed by atoms with Crippen LogP contribution in [0, 0.1) is 0 Å². The smallest absolute Gasteiger partial charge is 0.251 e. The van der Waals surface area contributed by atoms with E-state index in [1.54, 1.807) is 18.2 Å². The molecular formula is C14H17ClN2O2. The molecule has 102 valence electrons. The second-order valence-electron chi connectivity index (χ2n) is 3.96. The minimum atomic E-state index is -0.236. The van der Waals surface area contributed by atoms with Crippen molar-refractivity contribution in [3.8, 4) is 0 Å². The van der Waals surface area contributed by atoms with Gasteiger partial charge in [-0.3, -0.25) is 4.79 Å². The molecule has 0 aliphatic carbocycles. The first-order chi connectivity index (χ1) is 9.11. The van der Waals surface area contributed by atoms with Crippen molar-refractivity contribution in [2.45, 2.75) is 13.3 Å². The minimum Gasteiger partial charge on any atom is -0.371 e. The van der Waals surface area contributed by atoms with E-state index in [0.717, 1.165) is 12.0 Å². The number of nitrogens with zero attached hydrogens (tertiary/aromatic N) is 1. The third kappa shape index (κ3) is 6.74. The van der Waals surface area contributed by atoms with Crippen LogP contribution in [-0.4, -0.2) is 24.1 Å². The molecule has 4 nitrogen and oxygen atoms in total. The largest absolute Gasteiger partial charge is 0.371 e. The third-order valence-electron chi connectivity index (χ3n) is 2.27. The fraction of sp³-hybridized carbons (Fsp3) is 0.286. The third-order valence-corrected chi connectivity index (χ3v) is 2.49. The molecule has 19 heavy (non-hydrogen) atoms. The van der Waals surface area contributed by atoms with Gasteiger partial charge in [0.05, 0.1) is 11.6 Å². The molecule has 0 fully saturated rings. The van der Waals surface area contributed by atoms with Gasteiger partial charge in [0, 0.05) is 6.20 Å². The molecule has 0 atom stereocenters. The molecule has 0 spiro atoms. The molecule has 5 heteroatoms. The van der Waals surface area contributed by atoms with Crippen molar-refractivity contribution in [3.05, 3.63) is 47.7 Å². The summed E-state index contributed by atoms with van der Waals surface area (Å²) in [5.74, 6) is 0.223. The zero-order valence-electron chi connectivity index (χ0n) is 10.9. The summed E-state index contributed by atoms with van der Waals surface area (Å²) in [5.41, 5.74) is 1.16. The maximum absolute atomic E-state index is 11.5. The van der Waals surface area contributed by atoms with Gasteiger partial charge in [-0.2, -0.15) is 0 Å². The number of hydrogen-bond donors (Lipinski definition) is 1. The average molecular weight is 281 g/mol. The van der Waals surface area contributed by atoms with E-state index in [-0.39, 0.29) is 12.5 Å². The van der Waals surface area contributed by atoms with E-state index in [2.05, 4.69) is 16.9 Å². The normalized spacial score (nSPS) is 11.2. The molecule has 0 bridgehead atoms. The minimum absolute atomic E-state index is 0.00563. The molecule has 0 radical (unpaired) electrons. The highest BCUT2D eigenvalue weighted by Gasteiger charge is 2.03. The van der Waals surface area contributed by atoms with E-state index in [0.29, 0.717) is 17.4 Å².